The number of urea groups is 1. The number of hydrogen-bond donors (Lipinski definition) is 2. The molecule has 1 heterocycles. The molecule has 0 atom stereocenters. The van der Waals surface area contributed by atoms with Crippen molar-refractivity contribution in [3.05, 3.63) is 66.2 Å². The molecule has 3 rings (SSSR count). The van der Waals surface area contributed by atoms with Crippen LogP contribution in [0.25, 0.3) is 11.3 Å². The molecule has 3 aromatic rings. The molecule has 7 nitrogen and oxygen atoms in total. The minimum atomic E-state index is -4.42. The van der Waals surface area contributed by atoms with Crippen molar-refractivity contribution < 1.29 is 27.4 Å². The number of anilines is 1. The molecule has 10 heteroatoms. The zero-order valence-electron chi connectivity index (χ0n) is 17.1. The second-order valence-electron chi connectivity index (χ2n) is 6.52. The third-order valence-electron chi connectivity index (χ3n) is 4.21. The van der Waals surface area contributed by atoms with Crippen LogP contribution in [0.4, 0.5) is 23.7 Å². The summed E-state index contributed by atoms with van der Waals surface area (Å²) in [6.07, 6.45) is -4.42. The van der Waals surface area contributed by atoms with Gasteiger partial charge in [-0.3, -0.25) is 0 Å². The average molecular weight is 446 g/mol. The first kappa shape index (κ1) is 22.9. The van der Waals surface area contributed by atoms with Crippen LogP contribution in [0.5, 0.6) is 11.6 Å². The minimum absolute atomic E-state index is 0.136. The Balaban J connectivity index is 1.41. The summed E-state index contributed by atoms with van der Waals surface area (Å²) >= 11 is 0. The summed E-state index contributed by atoms with van der Waals surface area (Å²) in [5.74, 6) is 1.07. The lowest BCUT2D eigenvalue weighted by Crippen LogP contribution is -2.32. The molecule has 2 amide bonds. The number of rotatable bonds is 8. The second kappa shape index (κ2) is 10.5. The maximum Gasteiger partial charge on any atom is 0.416 e. The summed E-state index contributed by atoms with van der Waals surface area (Å²) in [4.78, 5) is 11.8. The van der Waals surface area contributed by atoms with E-state index in [0.717, 1.165) is 23.4 Å². The quantitative estimate of drug-likeness (QED) is 0.488. The number of carbonyl (C=O) groups excluding carboxylic acids is 1. The minimum Gasteiger partial charge on any atom is -0.494 e. The van der Waals surface area contributed by atoms with E-state index in [0.29, 0.717) is 18.2 Å². The molecule has 0 fully saturated rings. The van der Waals surface area contributed by atoms with Gasteiger partial charge in [-0.2, -0.15) is 13.2 Å². The molecule has 32 heavy (non-hydrogen) atoms. The van der Waals surface area contributed by atoms with E-state index in [4.69, 9.17) is 9.47 Å². The number of aromatic nitrogens is 2. The van der Waals surface area contributed by atoms with E-state index >= 15 is 0 Å². The lowest BCUT2D eigenvalue weighted by Gasteiger charge is -2.10. The van der Waals surface area contributed by atoms with Crippen molar-refractivity contribution in [2.75, 3.05) is 25.1 Å². The van der Waals surface area contributed by atoms with Gasteiger partial charge in [0, 0.05) is 17.3 Å². The lowest BCUT2D eigenvalue weighted by molar-refractivity contribution is -0.137. The summed E-state index contributed by atoms with van der Waals surface area (Å²) in [6, 6.07) is 14.5. The van der Waals surface area contributed by atoms with Crippen molar-refractivity contribution in [2.45, 2.75) is 13.1 Å². The van der Waals surface area contributed by atoms with Gasteiger partial charge in [-0.25, -0.2) is 4.79 Å². The Kier molecular flexibility index (Phi) is 7.48. The number of hydrogen-bond acceptors (Lipinski definition) is 5. The van der Waals surface area contributed by atoms with Crippen molar-refractivity contribution >= 4 is 11.7 Å². The van der Waals surface area contributed by atoms with Crippen molar-refractivity contribution in [2.24, 2.45) is 0 Å². The SMILES string of the molecule is CCOc1ccc(-c2ccc(OCCNC(=O)Nc3ccc(C(F)(F)F)cc3)nn2)cc1. The number of nitrogens with zero attached hydrogens (tertiary/aromatic N) is 2. The highest BCUT2D eigenvalue weighted by Crippen LogP contribution is 2.29. The topological polar surface area (TPSA) is 85.4 Å². The van der Waals surface area contributed by atoms with Gasteiger partial charge in [0.25, 0.3) is 0 Å². The molecular weight excluding hydrogens is 425 g/mol. The maximum absolute atomic E-state index is 12.5. The molecule has 0 saturated heterocycles. The average Bonchev–Trinajstić information content (AvgIpc) is 2.78. The van der Waals surface area contributed by atoms with Crippen LogP contribution in [-0.4, -0.2) is 36.0 Å². The number of alkyl halides is 3. The van der Waals surface area contributed by atoms with Gasteiger partial charge in [-0.15, -0.1) is 10.2 Å². The zero-order valence-corrected chi connectivity index (χ0v) is 17.1. The van der Waals surface area contributed by atoms with E-state index in [-0.39, 0.29) is 18.8 Å². The number of carbonyl (C=O) groups is 1. The van der Waals surface area contributed by atoms with Crippen LogP contribution in [0.15, 0.2) is 60.7 Å². The van der Waals surface area contributed by atoms with Crippen molar-refractivity contribution in [1.82, 2.24) is 15.5 Å². The molecule has 0 aliphatic carbocycles. The highest BCUT2D eigenvalue weighted by Gasteiger charge is 2.29. The Labute approximate surface area is 182 Å². The third kappa shape index (κ3) is 6.59. The molecule has 1 aromatic heterocycles. The smallest absolute Gasteiger partial charge is 0.416 e. The van der Waals surface area contributed by atoms with Crippen LogP contribution in [0.3, 0.4) is 0 Å². The number of nitrogens with one attached hydrogen (secondary N) is 2. The first-order chi connectivity index (χ1) is 15.3. The van der Waals surface area contributed by atoms with Crippen LogP contribution < -0.4 is 20.1 Å². The Morgan fingerprint density at radius 2 is 1.66 bits per heavy atom. The molecule has 0 unspecified atom stereocenters. The van der Waals surface area contributed by atoms with Gasteiger partial charge in [-0.05, 0) is 61.5 Å². The van der Waals surface area contributed by atoms with Gasteiger partial charge in [0.15, 0.2) is 0 Å². The predicted octanol–water partition coefficient (Wildman–Crippen LogP) is 4.76. The molecule has 2 N–H and O–H groups in total. The fourth-order valence-electron chi connectivity index (χ4n) is 2.68. The summed E-state index contributed by atoms with van der Waals surface area (Å²) in [6.45, 7) is 2.81. The number of ether oxygens (including phenoxy) is 2. The molecule has 0 spiro atoms. The highest BCUT2D eigenvalue weighted by molar-refractivity contribution is 5.89. The van der Waals surface area contributed by atoms with Gasteiger partial charge < -0.3 is 20.1 Å². The molecule has 0 radical (unpaired) electrons. The van der Waals surface area contributed by atoms with Crippen molar-refractivity contribution in [1.29, 1.82) is 0 Å². The Bertz CT molecular complexity index is 1010. The largest absolute Gasteiger partial charge is 0.494 e. The Morgan fingerprint density at radius 1 is 0.938 bits per heavy atom. The summed E-state index contributed by atoms with van der Waals surface area (Å²) in [7, 11) is 0. The molecule has 0 aliphatic heterocycles. The van der Waals surface area contributed by atoms with Gasteiger partial charge in [0.05, 0.1) is 24.4 Å². The maximum atomic E-state index is 12.5. The molecular formula is C22H21F3N4O3. The van der Waals surface area contributed by atoms with Crippen LogP contribution in [0.2, 0.25) is 0 Å². The number of amides is 2. The molecule has 168 valence electrons. The van der Waals surface area contributed by atoms with E-state index in [1.807, 2.05) is 31.2 Å². The van der Waals surface area contributed by atoms with Gasteiger partial charge in [0.1, 0.15) is 12.4 Å². The van der Waals surface area contributed by atoms with E-state index in [1.165, 1.54) is 12.1 Å². The molecule has 2 aromatic carbocycles. The second-order valence-corrected chi connectivity index (χ2v) is 6.52. The fraction of sp³-hybridized carbons (Fsp3) is 0.227. The highest BCUT2D eigenvalue weighted by atomic mass is 19.4. The lowest BCUT2D eigenvalue weighted by atomic mass is 10.1. The first-order valence-corrected chi connectivity index (χ1v) is 9.77. The zero-order chi connectivity index (χ0) is 23.0. The number of halogens is 3. The standard InChI is InChI=1S/C22H21F3N4O3/c1-2-31-18-9-3-15(4-10-18)19-11-12-20(29-28-19)32-14-13-26-21(30)27-17-7-5-16(6-8-17)22(23,24)25/h3-12H,2,13-14H2,1H3,(H2,26,27,30). The van der Waals surface area contributed by atoms with Gasteiger partial charge in [-0.1, -0.05) is 0 Å². The predicted molar refractivity (Wildman–Crippen MR) is 113 cm³/mol. The van der Waals surface area contributed by atoms with Gasteiger partial charge in [0.2, 0.25) is 5.88 Å². The molecule has 0 aliphatic rings. The van der Waals surface area contributed by atoms with E-state index in [1.54, 1.807) is 12.1 Å². The van der Waals surface area contributed by atoms with Crippen molar-refractivity contribution in [3.63, 3.8) is 0 Å². The fourth-order valence-corrected chi connectivity index (χ4v) is 2.68. The van der Waals surface area contributed by atoms with Gasteiger partial charge >= 0.3 is 12.2 Å². The van der Waals surface area contributed by atoms with E-state index in [9.17, 15) is 18.0 Å². The Hall–Kier alpha value is -3.82. The summed E-state index contributed by atoms with van der Waals surface area (Å²) in [5.41, 5.74) is 1.02. The summed E-state index contributed by atoms with van der Waals surface area (Å²) in [5, 5.41) is 13.1. The van der Waals surface area contributed by atoms with Crippen LogP contribution in [0, 0.1) is 0 Å². The van der Waals surface area contributed by atoms with Crippen LogP contribution in [-0.2, 0) is 6.18 Å². The van der Waals surface area contributed by atoms with E-state index in [2.05, 4.69) is 20.8 Å². The van der Waals surface area contributed by atoms with Crippen molar-refractivity contribution in [3.8, 4) is 22.9 Å². The number of benzene rings is 2. The monoisotopic (exact) mass is 446 g/mol. The first-order valence-electron chi connectivity index (χ1n) is 9.77. The third-order valence-corrected chi connectivity index (χ3v) is 4.21. The Morgan fingerprint density at radius 3 is 2.25 bits per heavy atom. The van der Waals surface area contributed by atoms with Crippen LogP contribution >= 0.6 is 0 Å². The van der Waals surface area contributed by atoms with E-state index < -0.39 is 17.8 Å². The normalized spacial score (nSPS) is 11.0. The van der Waals surface area contributed by atoms with Crippen LogP contribution in [0.1, 0.15) is 12.5 Å². The summed E-state index contributed by atoms with van der Waals surface area (Å²) < 4.78 is 48.5. The molecule has 0 saturated carbocycles. The molecule has 0 bridgehead atoms.